The molecule has 1 aliphatic carbocycles. The van der Waals surface area contributed by atoms with Gasteiger partial charge in [-0.25, -0.2) is 4.68 Å². The van der Waals surface area contributed by atoms with Gasteiger partial charge in [0.05, 0.1) is 5.54 Å². The fourth-order valence-electron chi connectivity index (χ4n) is 3.27. The summed E-state index contributed by atoms with van der Waals surface area (Å²) in [6.07, 6.45) is 6.53. The standard InChI is InChI=1S/C11H20N6/c1-16-10(13-14-15-16)17-8-7-12-9-11(17)5-3-2-4-6-11/h12H,2-9H2,1H3. The third-order valence-corrected chi connectivity index (χ3v) is 4.16. The summed E-state index contributed by atoms with van der Waals surface area (Å²) < 4.78 is 1.79. The summed E-state index contributed by atoms with van der Waals surface area (Å²) in [6.45, 7) is 3.10. The van der Waals surface area contributed by atoms with Crippen molar-refractivity contribution in [2.75, 3.05) is 24.5 Å². The van der Waals surface area contributed by atoms with Crippen LogP contribution in [0.3, 0.4) is 0 Å². The fourth-order valence-corrected chi connectivity index (χ4v) is 3.27. The number of piperazine rings is 1. The van der Waals surface area contributed by atoms with E-state index in [1.165, 1.54) is 32.1 Å². The maximum absolute atomic E-state index is 4.19. The highest BCUT2D eigenvalue weighted by Gasteiger charge is 2.41. The molecule has 1 N–H and O–H groups in total. The minimum Gasteiger partial charge on any atom is -0.331 e. The molecule has 0 atom stereocenters. The van der Waals surface area contributed by atoms with Crippen LogP contribution in [0.4, 0.5) is 5.95 Å². The third-order valence-electron chi connectivity index (χ3n) is 4.16. The van der Waals surface area contributed by atoms with Crippen LogP contribution in [0.5, 0.6) is 0 Å². The number of anilines is 1. The first-order chi connectivity index (χ1) is 8.32. The van der Waals surface area contributed by atoms with Gasteiger partial charge in [-0.1, -0.05) is 24.4 Å². The summed E-state index contributed by atoms with van der Waals surface area (Å²) in [5.41, 5.74) is 0.249. The molecule has 6 heteroatoms. The molecule has 0 radical (unpaired) electrons. The zero-order valence-corrected chi connectivity index (χ0v) is 10.4. The van der Waals surface area contributed by atoms with Crippen molar-refractivity contribution in [2.45, 2.75) is 37.6 Å². The van der Waals surface area contributed by atoms with E-state index in [4.69, 9.17) is 0 Å². The third kappa shape index (κ3) is 1.80. The first-order valence-electron chi connectivity index (χ1n) is 6.53. The van der Waals surface area contributed by atoms with Crippen molar-refractivity contribution >= 4 is 5.95 Å². The number of nitrogens with zero attached hydrogens (tertiary/aromatic N) is 5. The van der Waals surface area contributed by atoms with Crippen LogP contribution >= 0.6 is 0 Å². The van der Waals surface area contributed by atoms with Gasteiger partial charge in [-0.15, -0.1) is 0 Å². The normalized spacial score (nSPS) is 24.2. The second-order valence-electron chi connectivity index (χ2n) is 5.22. The number of hydrogen-bond donors (Lipinski definition) is 1. The second-order valence-corrected chi connectivity index (χ2v) is 5.22. The van der Waals surface area contributed by atoms with E-state index in [2.05, 4.69) is 25.7 Å². The van der Waals surface area contributed by atoms with E-state index in [0.717, 1.165) is 25.6 Å². The topological polar surface area (TPSA) is 58.9 Å². The Morgan fingerprint density at radius 3 is 2.76 bits per heavy atom. The molecule has 3 rings (SSSR count). The molecule has 2 aliphatic rings. The molecule has 0 unspecified atom stereocenters. The van der Waals surface area contributed by atoms with Crippen molar-refractivity contribution < 1.29 is 0 Å². The zero-order valence-electron chi connectivity index (χ0n) is 10.4. The number of hydrogen-bond acceptors (Lipinski definition) is 5. The van der Waals surface area contributed by atoms with Crippen LogP contribution in [-0.2, 0) is 7.05 Å². The van der Waals surface area contributed by atoms with E-state index >= 15 is 0 Å². The summed E-state index contributed by atoms with van der Waals surface area (Å²) in [4.78, 5) is 2.43. The van der Waals surface area contributed by atoms with Crippen molar-refractivity contribution in [2.24, 2.45) is 7.05 Å². The summed E-state index contributed by atoms with van der Waals surface area (Å²) >= 11 is 0. The molecule has 17 heavy (non-hydrogen) atoms. The Hall–Kier alpha value is -1.17. The molecule has 6 nitrogen and oxygen atoms in total. The van der Waals surface area contributed by atoms with Gasteiger partial charge in [0.15, 0.2) is 0 Å². The van der Waals surface area contributed by atoms with Gasteiger partial charge in [-0.05, 0) is 23.3 Å². The van der Waals surface area contributed by atoms with Crippen LogP contribution in [0.15, 0.2) is 0 Å². The molecule has 1 saturated carbocycles. The monoisotopic (exact) mass is 236 g/mol. The quantitative estimate of drug-likeness (QED) is 0.761. The van der Waals surface area contributed by atoms with E-state index in [-0.39, 0.29) is 5.54 Å². The molecule has 2 heterocycles. The maximum atomic E-state index is 4.19. The Kier molecular flexibility index (Phi) is 2.74. The van der Waals surface area contributed by atoms with E-state index in [1.807, 2.05) is 7.05 Å². The molecule has 1 spiro atoms. The average molecular weight is 236 g/mol. The largest absolute Gasteiger partial charge is 0.331 e. The van der Waals surface area contributed by atoms with Crippen LogP contribution in [0, 0.1) is 0 Å². The lowest BCUT2D eigenvalue weighted by molar-refractivity contribution is 0.236. The number of nitrogens with one attached hydrogen (secondary N) is 1. The van der Waals surface area contributed by atoms with E-state index in [0.29, 0.717) is 0 Å². The predicted octanol–water partition coefficient (Wildman–Crippen LogP) is 0.323. The van der Waals surface area contributed by atoms with Gasteiger partial charge in [-0.2, -0.15) is 0 Å². The van der Waals surface area contributed by atoms with Gasteiger partial charge in [0.1, 0.15) is 0 Å². The highest BCUT2D eigenvalue weighted by molar-refractivity contribution is 5.36. The number of tetrazole rings is 1. The molecule has 94 valence electrons. The van der Waals surface area contributed by atoms with E-state index in [1.54, 1.807) is 4.68 Å². The summed E-state index contributed by atoms with van der Waals surface area (Å²) in [7, 11) is 1.92. The summed E-state index contributed by atoms with van der Waals surface area (Å²) in [6, 6.07) is 0. The lowest BCUT2D eigenvalue weighted by atomic mass is 9.79. The molecule has 1 saturated heterocycles. The van der Waals surface area contributed by atoms with Crippen molar-refractivity contribution in [1.82, 2.24) is 25.5 Å². The average Bonchev–Trinajstić information content (AvgIpc) is 2.77. The Balaban J connectivity index is 1.92. The van der Waals surface area contributed by atoms with Crippen LogP contribution < -0.4 is 10.2 Å². The fraction of sp³-hybridized carbons (Fsp3) is 0.909. The van der Waals surface area contributed by atoms with Gasteiger partial charge in [0.2, 0.25) is 5.95 Å². The highest BCUT2D eigenvalue weighted by Crippen LogP contribution is 2.36. The highest BCUT2D eigenvalue weighted by atomic mass is 15.6. The summed E-state index contributed by atoms with van der Waals surface area (Å²) in [5.74, 6) is 0.924. The molecule has 0 bridgehead atoms. The van der Waals surface area contributed by atoms with Crippen LogP contribution in [0.2, 0.25) is 0 Å². The minimum atomic E-state index is 0.249. The molecule has 1 aromatic rings. The van der Waals surface area contributed by atoms with Gasteiger partial charge in [-0.3, -0.25) is 0 Å². The number of aryl methyl sites for hydroxylation is 1. The summed E-state index contributed by atoms with van der Waals surface area (Å²) in [5, 5.41) is 15.5. The van der Waals surface area contributed by atoms with Crippen molar-refractivity contribution in [3.63, 3.8) is 0 Å². The predicted molar refractivity (Wildman–Crippen MR) is 64.8 cm³/mol. The lowest BCUT2D eigenvalue weighted by Gasteiger charge is -2.49. The van der Waals surface area contributed by atoms with Gasteiger partial charge in [0.25, 0.3) is 0 Å². The molecule has 2 fully saturated rings. The molecule has 1 aliphatic heterocycles. The van der Waals surface area contributed by atoms with Gasteiger partial charge < -0.3 is 10.2 Å². The SMILES string of the molecule is Cn1nnnc1N1CCNCC12CCCCC2. The Morgan fingerprint density at radius 1 is 1.24 bits per heavy atom. The number of rotatable bonds is 1. The molecule has 0 amide bonds. The zero-order chi connectivity index (χ0) is 11.7. The van der Waals surface area contributed by atoms with E-state index in [9.17, 15) is 0 Å². The smallest absolute Gasteiger partial charge is 0.245 e. The Bertz CT molecular complexity index is 373. The van der Waals surface area contributed by atoms with Crippen molar-refractivity contribution in [3.8, 4) is 0 Å². The first-order valence-corrected chi connectivity index (χ1v) is 6.53. The van der Waals surface area contributed by atoms with Gasteiger partial charge >= 0.3 is 0 Å². The van der Waals surface area contributed by atoms with Crippen LogP contribution in [0.1, 0.15) is 32.1 Å². The molecular formula is C11H20N6. The first kappa shape index (κ1) is 11.0. The van der Waals surface area contributed by atoms with Crippen LogP contribution in [0.25, 0.3) is 0 Å². The molecule has 1 aromatic heterocycles. The second kappa shape index (κ2) is 4.25. The van der Waals surface area contributed by atoms with Crippen molar-refractivity contribution in [3.05, 3.63) is 0 Å². The maximum Gasteiger partial charge on any atom is 0.245 e. The van der Waals surface area contributed by atoms with E-state index < -0.39 is 0 Å². The molecule has 0 aromatic carbocycles. The van der Waals surface area contributed by atoms with Crippen molar-refractivity contribution in [1.29, 1.82) is 0 Å². The molecular weight excluding hydrogens is 216 g/mol. The Morgan fingerprint density at radius 2 is 2.06 bits per heavy atom. The minimum absolute atomic E-state index is 0.249. The number of aromatic nitrogens is 4. The van der Waals surface area contributed by atoms with Crippen LogP contribution in [-0.4, -0.2) is 45.4 Å². The Labute approximate surface area is 101 Å². The lowest BCUT2D eigenvalue weighted by Crippen LogP contribution is -2.63. The van der Waals surface area contributed by atoms with Gasteiger partial charge in [0, 0.05) is 26.7 Å².